The maximum Gasteiger partial charge on any atom is 0.291 e. The Morgan fingerprint density at radius 2 is 1.84 bits per heavy atom. The largest absolute Gasteiger partial charge is 0.493 e. The van der Waals surface area contributed by atoms with E-state index >= 15 is 0 Å². The van der Waals surface area contributed by atoms with Crippen molar-refractivity contribution >= 4 is 34.5 Å². The number of thiazole rings is 1. The molecule has 4 rings (SSSR count). The second kappa shape index (κ2) is 9.32. The van der Waals surface area contributed by atoms with E-state index in [9.17, 15) is 9.18 Å². The lowest BCUT2D eigenvalue weighted by Gasteiger charge is -2.12. The predicted molar refractivity (Wildman–Crippen MR) is 125 cm³/mol. The highest BCUT2D eigenvalue weighted by Crippen LogP contribution is 2.28. The van der Waals surface area contributed by atoms with Gasteiger partial charge in [0.1, 0.15) is 5.82 Å². The fraction of sp³-hybridized carbons (Fsp3) is 0.208. The van der Waals surface area contributed by atoms with Gasteiger partial charge in [-0.05, 0) is 53.5 Å². The summed E-state index contributed by atoms with van der Waals surface area (Å²) in [7, 11) is 1.59. The average Bonchev–Trinajstić information content (AvgIpc) is 3.31. The third kappa shape index (κ3) is 4.86. The van der Waals surface area contributed by atoms with Gasteiger partial charge in [0.2, 0.25) is 4.96 Å². The van der Waals surface area contributed by atoms with Crippen LogP contribution in [0.5, 0.6) is 11.5 Å². The molecule has 6 nitrogen and oxygen atoms in total. The molecule has 0 unspecified atom stereocenters. The minimum absolute atomic E-state index is 0.238. The third-order valence-corrected chi connectivity index (χ3v) is 5.51. The van der Waals surface area contributed by atoms with Crippen molar-refractivity contribution in [2.75, 3.05) is 13.7 Å². The number of methoxy groups -OCH3 is 1. The molecule has 0 aliphatic carbocycles. The highest BCUT2D eigenvalue weighted by atomic mass is 32.1. The summed E-state index contributed by atoms with van der Waals surface area (Å²) in [4.78, 5) is 17.7. The van der Waals surface area contributed by atoms with Crippen molar-refractivity contribution in [3.63, 3.8) is 0 Å². The van der Waals surface area contributed by atoms with E-state index in [-0.39, 0.29) is 11.4 Å². The normalized spacial score (nSPS) is 12.3. The third-order valence-electron chi connectivity index (χ3n) is 4.55. The average molecular weight is 452 g/mol. The number of ether oxygens (including phenoxy) is 2. The summed E-state index contributed by atoms with van der Waals surface area (Å²) in [6.45, 7) is 4.75. The van der Waals surface area contributed by atoms with Gasteiger partial charge in [-0.3, -0.25) is 4.79 Å². The minimum Gasteiger partial charge on any atom is -0.493 e. The van der Waals surface area contributed by atoms with Gasteiger partial charge in [0.15, 0.2) is 17.3 Å². The topological polar surface area (TPSA) is 65.7 Å². The van der Waals surface area contributed by atoms with Crippen molar-refractivity contribution in [2.24, 2.45) is 5.92 Å². The predicted octanol–water partition coefficient (Wildman–Crippen LogP) is 4.05. The molecule has 0 fully saturated rings. The van der Waals surface area contributed by atoms with Gasteiger partial charge in [-0.15, -0.1) is 5.10 Å². The van der Waals surface area contributed by atoms with E-state index in [1.165, 1.54) is 28.0 Å². The Labute approximate surface area is 188 Å². The SMILES string of the molecule is COc1cc(/C=c2/sc3nc(/C=C/c4ccc(F)cc4)nn3c2=O)ccc1OCC(C)C. The molecule has 0 saturated carbocycles. The Kier molecular flexibility index (Phi) is 6.32. The first-order valence-electron chi connectivity index (χ1n) is 10.1. The molecule has 2 aromatic heterocycles. The molecule has 4 aromatic rings. The summed E-state index contributed by atoms with van der Waals surface area (Å²) in [5.41, 5.74) is 1.39. The van der Waals surface area contributed by atoms with E-state index in [4.69, 9.17) is 9.47 Å². The molecular weight excluding hydrogens is 429 g/mol. The molecule has 0 saturated heterocycles. The Hall–Kier alpha value is -3.52. The first kappa shape index (κ1) is 21.7. The molecule has 0 aliphatic rings. The van der Waals surface area contributed by atoms with E-state index in [0.717, 1.165) is 11.1 Å². The lowest BCUT2D eigenvalue weighted by Crippen LogP contribution is -2.23. The van der Waals surface area contributed by atoms with Crippen molar-refractivity contribution in [3.05, 3.63) is 80.1 Å². The first-order chi connectivity index (χ1) is 15.4. The number of aromatic nitrogens is 3. The maximum absolute atomic E-state index is 13.0. The van der Waals surface area contributed by atoms with Crippen molar-refractivity contribution in [1.29, 1.82) is 0 Å². The monoisotopic (exact) mass is 451 g/mol. The molecule has 0 atom stereocenters. The Morgan fingerprint density at radius 1 is 1.09 bits per heavy atom. The van der Waals surface area contributed by atoms with Gasteiger partial charge in [0.05, 0.1) is 18.2 Å². The zero-order valence-corrected chi connectivity index (χ0v) is 18.7. The molecule has 0 aliphatic heterocycles. The van der Waals surface area contributed by atoms with E-state index in [0.29, 0.717) is 39.3 Å². The number of hydrogen-bond acceptors (Lipinski definition) is 6. The molecule has 2 heterocycles. The fourth-order valence-corrected chi connectivity index (χ4v) is 3.88. The van der Waals surface area contributed by atoms with E-state index in [1.807, 2.05) is 18.2 Å². The number of halogens is 1. The van der Waals surface area contributed by atoms with Gasteiger partial charge in [-0.2, -0.15) is 9.50 Å². The van der Waals surface area contributed by atoms with Crippen LogP contribution in [0.3, 0.4) is 0 Å². The van der Waals surface area contributed by atoms with Crippen LogP contribution >= 0.6 is 11.3 Å². The Bertz CT molecular complexity index is 1370. The fourth-order valence-electron chi connectivity index (χ4n) is 2.97. The van der Waals surface area contributed by atoms with Gasteiger partial charge in [-0.25, -0.2) is 4.39 Å². The van der Waals surface area contributed by atoms with Crippen LogP contribution in [-0.4, -0.2) is 28.3 Å². The number of hydrogen-bond donors (Lipinski definition) is 0. The second-order valence-electron chi connectivity index (χ2n) is 7.58. The zero-order valence-electron chi connectivity index (χ0n) is 17.9. The Balaban J connectivity index is 1.60. The molecular formula is C24H22FN3O3S. The summed E-state index contributed by atoms with van der Waals surface area (Å²) in [5.74, 6) is 1.80. The van der Waals surface area contributed by atoms with Crippen LogP contribution in [0.2, 0.25) is 0 Å². The first-order valence-corrected chi connectivity index (χ1v) is 10.9. The molecule has 0 radical (unpaired) electrons. The number of benzene rings is 2. The van der Waals surface area contributed by atoms with Crippen LogP contribution in [0.15, 0.2) is 47.3 Å². The van der Waals surface area contributed by atoms with Crippen LogP contribution in [-0.2, 0) is 0 Å². The molecule has 164 valence electrons. The van der Waals surface area contributed by atoms with Crippen LogP contribution < -0.4 is 19.6 Å². The van der Waals surface area contributed by atoms with E-state index in [2.05, 4.69) is 23.9 Å². The molecule has 0 spiro atoms. The van der Waals surface area contributed by atoms with Crippen molar-refractivity contribution in [3.8, 4) is 11.5 Å². The number of fused-ring (bicyclic) bond motifs is 1. The number of nitrogens with zero attached hydrogens (tertiary/aromatic N) is 3. The van der Waals surface area contributed by atoms with Crippen LogP contribution in [0.4, 0.5) is 4.39 Å². The molecule has 0 N–H and O–H groups in total. The summed E-state index contributed by atoms with van der Waals surface area (Å²) in [5, 5.41) is 4.27. The van der Waals surface area contributed by atoms with Gasteiger partial charge in [0.25, 0.3) is 5.56 Å². The highest BCUT2D eigenvalue weighted by molar-refractivity contribution is 7.15. The van der Waals surface area contributed by atoms with Crippen molar-refractivity contribution < 1.29 is 13.9 Å². The molecule has 0 amide bonds. The zero-order chi connectivity index (χ0) is 22.7. The number of rotatable bonds is 7. The highest BCUT2D eigenvalue weighted by Gasteiger charge is 2.10. The Morgan fingerprint density at radius 3 is 2.53 bits per heavy atom. The van der Waals surface area contributed by atoms with Crippen LogP contribution in [0.1, 0.15) is 30.8 Å². The van der Waals surface area contributed by atoms with Crippen LogP contribution in [0.25, 0.3) is 23.2 Å². The summed E-state index contributed by atoms with van der Waals surface area (Å²) in [6, 6.07) is 11.6. The van der Waals surface area contributed by atoms with Gasteiger partial charge >= 0.3 is 0 Å². The molecule has 0 bridgehead atoms. The second-order valence-corrected chi connectivity index (χ2v) is 8.59. The maximum atomic E-state index is 13.0. The van der Waals surface area contributed by atoms with Crippen LogP contribution in [0, 0.1) is 11.7 Å². The lowest BCUT2D eigenvalue weighted by atomic mass is 10.2. The standard InChI is InChI=1S/C24H22FN3O3S/c1-15(2)14-31-19-10-6-17(12-20(19)30-3)13-21-23(29)28-24(32-21)26-22(27-28)11-7-16-4-8-18(25)9-5-16/h4-13,15H,14H2,1-3H3/b11-7+,21-13+. The smallest absolute Gasteiger partial charge is 0.291 e. The summed E-state index contributed by atoms with van der Waals surface area (Å²) < 4.78 is 26.0. The minimum atomic E-state index is -0.294. The molecule has 8 heteroatoms. The van der Waals surface area contributed by atoms with Gasteiger partial charge in [-0.1, -0.05) is 49.5 Å². The van der Waals surface area contributed by atoms with Gasteiger partial charge < -0.3 is 9.47 Å². The van der Waals surface area contributed by atoms with Crippen molar-refractivity contribution in [1.82, 2.24) is 14.6 Å². The molecule has 2 aromatic carbocycles. The van der Waals surface area contributed by atoms with Crippen molar-refractivity contribution in [2.45, 2.75) is 13.8 Å². The summed E-state index contributed by atoms with van der Waals surface area (Å²) in [6.07, 6.45) is 5.24. The lowest BCUT2D eigenvalue weighted by molar-refractivity contribution is 0.257. The molecule has 32 heavy (non-hydrogen) atoms. The summed E-state index contributed by atoms with van der Waals surface area (Å²) >= 11 is 1.26. The van der Waals surface area contributed by atoms with E-state index in [1.54, 1.807) is 37.5 Å². The quantitative estimate of drug-likeness (QED) is 0.424. The van der Waals surface area contributed by atoms with E-state index < -0.39 is 0 Å². The van der Waals surface area contributed by atoms with Gasteiger partial charge in [0, 0.05) is 0 Å².